The molecule has 0 aliphatic carbocycles. The van der Waals surface area contributed by atoms with Gasteiger partial charge in [-0.15, -0.1) is 0 Å². The average molecular weight is 301 g/mol. The third-order valence-electron chi connectivity index (χ3n) is 4.86. The van der Waals surface area contributed by atoms with Crippen molar-refractivity contribution in [3.63, 3.8) is 0 Å². The van der Waals surface area contributed by atoms with Crippen molar-refractivity contribution in [3.05, 3.63) is 12.7 Å². The molecule has 3 unspecified atom stereocenters. The minimum atomic E-state index is 0.564. The molecule has 3 atom stereocenters. The summed E-state index contributed by atoms with van der Waals surface area (Å²) in [5.41, 5.74) is 1.78. The van der Waals surface area contributed by atoms with E-state index in [0.717, 1.165) is 36.6 Å². The van der Waals surface area contributed by atoms with Gasteiger partial charge in [-0.2, -0.15) is 0 Å². The molecule has 3 saturated heterocycles. The number of piperazine rings is 1. The molecular weight excluding hydrogens is 278 g/mol. The summed E-state index contributed by atoms with van der Waals surface area (Å²) in [5.74, 6) is 0.855. The number of fused-ring (bicyclic) bond motifs is 5. The highest BCUT2D eigenvalue weighted by Gasteiger charge is 2.29. The van der Waals surface area contributed by atoms with E-state index in [1.807, 2.05) is 10.9 Å². The molecular formula is C15H23N7. The van der Waals surface area contributed by atoms with Crippen LogP contribution in [0.15, 0.2) is 12.7 Å². The quantitative estimate of drug-likeness (QED) is 0.894. The van der Waals surface area contributed by atoms with Crippen LogP contribution in [0.25, 0.3) is 11.2 Å². The van der Waals surface area contributed by atoms with Crippen molar-refractivity contribution < 1.29 is 0 Å². The standard InChI is InChI=1S/C15H23N7/c1-2-21-11-19-13-14(17-10-18-15(13)21)16-8-12-9-20-4-3-5-22(12)7-6-20/h10-12H,2-9H2,1H3,(H,16,17,18). The van der Waals surface area contributed by atoms with Gasteiger partial charge in [-0.3, -0.25) is 4.90 Å². The van der Waals surface area contributed by atoms with Crippen LogP contribution >= 0.6 is 0 Å². The zero-order valence-electron chi connectivity index (χ0n) is 13.1. The Labute approximate surface area is 130 Å². The Morgan fingerprint density at radius 1 is 1.18 bits per heavy atom. The molecule has 118 valence electrons. The first-order valence-corrected chi connectivity index (χ1v) is 8.21. The predicted molar refractivity (Wildman–Crippen MR) is 85.9 cm³/mol. The van der Waals surface area contributed by atoms with Gasteiger partial charge in [0.1, 0.15) is 11.8 Å². The number of nitrogens with one attached hydrogen (secondary N) is 1. The van der Waals surface area contributed by atoms with Crippen molar-refractivity contribution in [2.75, 3.05) is 44.6 Å². The Morgan fingerprint density at radius 2 is 2.14 bits per heavy atom. The largest absolute Gasteiger partial charge is 0.366 e. The third-order valence-corrected chi connectivity index (χ3v) is 4.86. The Kier molecular flexibility index (Phi) is 3.67. The van der Waals surface area contributed by atoms with Crippen LogP contribution in [-0.4, -0.2) is 74.6 Å². The number of hydrogen-bond acceptors (Lipinski definition) is 6. The summed E-state index contributed by atoms with van der Waals surface area (Å²) in [4.78, 5) is 18.4. The predicted octanol–water partition coefficient (Wildman–Crippen LogP) is 0.648. The summed E-state index contributed by atoms with van der Waals surface area (Å²) in [6.45, 7) is 9.91. The fourth-order valence-corrected chi connectivity index (χ4v) is 3.60. The molecule has 2 aromatic rings. The van der Waals surface area contributed by atoms with Crippen LogP contribution in [0.5, 0.6) is 0 Å². The molecule has 0 spiro atoms. The fourth-order valence-electron chi connectivity index (χ4n) is 3.60. The molecule has 3 fully saturated rings. The third kappa shape index (κ3) is 2.44. The van der Waals surface area contributed by atoms with Gasteiger partial charge >= 0.3 is 0 Å². The van der Waals surface area contributed by atoms with Crippen molar-refractivity contribution in [1.29, 1.82) is 0 Å². The highest BCUT2D eigenvalue weighted by atomic mass is 15.3. The summed E-state index contributed by atoms with van der Waals surface area (Å²) in [6.07, 6.45) is 4.75. The lowest BCUT2D eigenvalue weighted by Gasteiger charge is -2.37. The van der Waals surface area contributed by atoms with Gasteiger partial charge in [-0.25, -0.2) is 15.0 Å². The van der Waals surface area contributed by atoms with Gasteiger partial charge in [0.05, 0.1) is 6.33 Å². The second kappa shape index (κ2) is 5.81. The molecule has 2 bridgehead atoms. The summed E-state index contributed by atoms with van der Waals surface area (Å²) in [6, 6.07) is 0.564. The number of imidazole rings is 1. The monoisotopic (exact) mass is 301 g/mol. The number of aromatic nitrogens is 4. The first kappa shape index (κ1) is 13.9. The average Bonchev–Trinajstić information content (AvgIpc) is 2.72. The Morgan fingerprint density at radius 3 is 3.05 bits per heavy atom. The molecule has 5 rings (SSSR count). The molecule has 0 amide bonds. The van der Waals surface area contributed by atoms with E-state index in [2.05, 4.69) is 37.0 Å². The normalized spacial score (nSPS) is 28.0. The molecule has 0 aromatic carbocycles. The van der Waals surface area contributed by atoms with E-state index >= 15 is 0 Å². The molecule has 22 heavy (non-hydrogen) atoms. The van der Waals surface area contributed by atoms with E-state index < -0.39 is 0 Å². The van der Waals surface area contributed by atoms with Gasteiger partial charge in [0.2, 0.25) is 0 Å². The highest BCUT2D eigenvalue weighted by molar-refractivity contribution is 5.82. The van der Waals surface area contributed by atoms with E-state index in [-0.39, 0.29) is 0 Å². The summed E-state index contributed by atoms with van der Waals surface area (Å²) in [7, 11) is 0. The van der Waals surface area contributed by atoms with Crippen molar-refractivity contribution in [2.24, 2.45) is 0 Å². The van der Waals surface area contributed by atoms with Crippen LogP contribution in [0, 0.1) is 0 Å². The highest BCUT2D eigenvalue weighted by Crippen LogP contribution is 2.19. The SMILES string of the molecule is CCn1cnc2c(NCC3CN4CCCN3CC4)ncnc21. The Hall–Kier alpha value is -1.73. The number of nitrogens with zero attached hydrogens (tertiary/aromatic N) is 6. The number of aryl methyl sites for hydroxylation is 1. The lowest BCUT2D eigenvalue weighted by Crippen LogP contribution is -2.52. The summed E-state index contributed by atoms with van der Waals surface area (Å²) < 4.78 is 2.05. The molecule has 3 aliphatic heterocycles. The summed E-state index contributed by atoms with van der Waals surface area (Å²) in [5, 5.41) is 3.51. The molecule has 2 aromatic heterocycles. The van der Waals surface area contributed by atoms with Gasteiger partial charge in [0, 0.05) is 38.8 Å². The second-order valence-corrected chi connectivity index (χ2v) is 6.15. The topological polar surface area (TPSA) is 62.1 Å². The van der Waals surface area contributed by atoms with Crippen LogP contribution < -0.4 is 5.32 Å². The van der Waals surface area contributed by atoms with E-state index in [1.54, 1.807) is 6.33 Å². The van der Waals surface area contributed by atoms with Crippen LogP contribution in [0.2, 0.25) is 0 Å². The molecule has 0 radical (unpaired) electrons. The maximum absolute atomic E-state index is 4.47. The molecule has 7 heteroatoms. The van der Waals surface area contributed by atoms with Gasteiger partial charge in [-0.05, 0) is 26.4 Å². The van der Waals surface area contributed by atoms with Gasteiger partial charge in [-0.1, -0.05) is 0 Å². The van der Waals surface area contributed by atoms with Crippen LogP contribution in [0.3, 0.4) is 0 Å². The van der Waals surface area contributed by atoms with Crippen molar-refractivity contribution in [1.82, 2.24) is 29.3 Å². The van der Waals surface area contributed by atoms with Gasteiger partial charge in [0.25, 0.3) is 0 Å². The van der Waals surface area contributed by atoms with Gasteiger partial charge in [0.15, 0.2) is 11.5 Å². The van der Waals surface area contributed by atoms with Crippen molar-refractivity contribution in [2.45, 2.75) is 25.9 Å². The molecule has 7 nitrogen and oxygen atoms in total. The first-order valence-electron chi connectivity index (χ1n) is 8.21. The van der Waals surface area contributed by atoms with Gasteiger partial charge < -0.3 is 14.8 Å². The number of rotatable bonds is 4. The zero-order valence-corrected chi connectivity index (χ0v) is 13.1. The summed E-state index contributed by atoms with van der Waals surface area (Å²) >= 11 is 0. The van der Waals surface area contributed by atoms with Crippen LogP contribution in [-0.2, 0) is 6.54 Å². The minimum absolute atomic E-state index is 0.564. The molecule has 5 heterocycles. The lowest BCUT2D eigenvalue weighted by atomic mass is 10.2. The van der Waals surface area contributed by atoms with E-state index in [1.165, 1.54) is 32.6 Å². The van der Waals surface area contributed by atoms with Crippen molar-refractivity contribution >= 4 is 17.0 Å². The fraction of sp³-hybridized carbons (Fsp3) is 0.667. The van der Waals surface area contributed by atoms with Crippen LogP contribution in [0.1, 0.15) is 13.3 Å². The van der Waals surface area contributed by atoms with Crippen molar-refractivity contribution in [3.8, 4) is 0 Å². The smallest absolute Gasteiger partial charge is 0.165 e. The lowest BCUT2D eigenvalue weighted by molar-refractivity contribution is 0.121. The molecule has 3 aliphatic rings. The Bertz CT molecular complexity index is 648. The van der Waals surface area contributed by atoms with Crippen LogP contribution in [0.4, 0.5) is 5.82 Å². The molecule has 1 N–H and O–H groups in total. The zero-order chi connectivity index (χ0) is 14.9. The number of anilines is 1. The molecule has 0 saturated carbocycles. The van der Waals surface area contributed by atoms with E-state index in [4.69, 9.17) is 0 Å². The van der Waals surface area contributed by atoms with E-state index in [0.29, 0.717) is 6.04 Å². The first-order chi connectivity index (χ1) is 10.8. The minimum Gasteiger partial charge on any atom is -0.366 e. The van der Waals surface area contributed by atoms with E-state index in [9.17, 15) is 0 Å². The maximum atomic E-state index is 4.47. The number of hydrogen-bond donors (Lipinski definition) is 1. The Balaban J connectivity index is 1.51. The second-order valence-electron chi connectivity index (χ2n) is 6.15. The maximum Gasteiger partial charge on any atom is 0.165 e.